The maximum atomic E-state index is 13.6. The van der Waals surface area contributed by atoms with Crippen molar-refractivity contribution in [1.82, 2.24) is 5.32 Å². The van der Waals surface area contributed by atoms with E-state index in [2.05, 4.69) is 5.32 Å². The molecule has 1 aliphatic heterocycles. The first-order valence-corrected chi connectivity index (χ1v) is 9.48. The minimum atomic E-state index is -0.888. The van der Waals surface area contributed by atoms with Gasteiger partial charge in [-0.15, -0.1) is 0 Å². The van der Waals surface area contributed by atoms with Crippen LogP contribution in [0.4, 0.5) is 8.78 Å². The molecule has 3 rings (SSSR count). The topological polar surface area (TPSA) is 58.6 Å². The van der Waals surface area contributed by atoms with Crippen LogP contribution in [0.5, 0.6) is 0 Å². The van der Waals surface area contributed by atoms with E-state index in [4.69, 9.17) is 4.74 Å². The molecule has 1 fully saturated rings. The van der Waals surface area contributed by atoms with Crippen LogP contribution < -0.4 is 5.32 Å². The zero-order valence-corrected chi connectivity index (χ0v) is 15.9. The summed E-state index contributed by atoms with van der Waals surface area (Å²) in [6.45, 7) is 2.84. The van der Waals surface area contributed by atoms with E-state index in [0.29, 0.717) is 38.0 Å². The number of halogens is 2. The zero-order valence-electron chi connectivity index (χ0n) is 15.9. The molecule has 0 spiro atoms. The molecule has 0 radical (unpaired) electrons. The van der Waals surface area contributed by atoms with Crippen LogP contribution in [0.15, 0.2) is 42.5 Å². The van der Waals surface area contributed by atoms with Crippen molar-refractivity contribution in [3.05, 3.63) is 59.7 Å². The van der Waals surface area contributed by atoms with Crippen LogP contribution in [-0.4, -0.2) is 36.9 Å². The van der Waals surface area contributed by atoms with E-state index in [1.165, 1.54) is 12.1 Å². The first-order valence-electron chi connectivity index (χ1n) is 9.48. The van der Waals surface area contributed by atoms with Gasteiger partial charge in [0.15, 0.2) is 11.6 Å². The summed E-state index contributed by atoms with van der Waals surface area (Å²) < 4.78 is 32.3. The lowest BCUT2D eigenvalue weighted by atomic mass is 9.74. The quantitative estimate of drug-likeness (QED) is 0.795. The van der Waals surface area contributed by atoms with Crippen LogP contribution in [0.1, 0.15) is 25.3 Å². The Morgan fingerprint density at radius 3 is 2.54 bits per heavy atom. The molecule has 1 aliphatic rings. The number of aliphatic hydroxyl groups is 1. The highest BCUT2D eigenvalue weighted by Gasteiger charge is 2.40. The Labute approximate surface area is 163 Å². The number of hydrogen-bond acceptors (Lipinski definition) is 3. The van der Waals surface area contributed by atoms with Crippen molar-refractivity contribution in [2.24, 2.45) is 5.41 Å². The van der Waals surface area contributed by atoms with Gasteiger partial charge in [-0.3, -0.25) is 4.79 Å². The summed E-state index contributed by atoms with van der Waals surface area (Å²) in [6, 6.07) is 11.4. The van der Waals surface area contributed by atoms with E-state index in [1.807, 2.05) is 24.3 Å². The number of amides is 1. The molecule has 0 saturated carbocycles. The van der Waals surface area contributed by atoms with Crippen molar-refractivity contribution < 1.29 is 23.4 Å². The summed E-state index contributed by atoms with van der Waals surface area (Å²) in [5.74, 6) is -1.85. The maximum Gasteiger partial charge on any atom is 0.226 e. The number of hydrogen-bond donors (Lipinski definition) is 2. The Bertz CT molecular complexity index is 832. The molecular weight excluding hydrogens is 364 g/mol. The summed E-state index contributed by atoms with van der Waals surface area (Å²) >= 11 is 0. The van der Waals surface area contributed by atoms with Crippen molar-refractivity contribution in [2.75, 3.05) is 19.8 Å². The number of ether oxygens (including phenoxy) is 1. The van der Waals surface area contributed by atoms with E-state index in [9.17, 15) is 18.7 Å². The molecule has 2 aromatic carbocycles. The molecule has 0 unspecified atom stereocenters. The monoisotopic (exact) mass is 389 g/mol. The highest BCUT2D eigenvalue weighted by atomic mass is 19.2. The van der Waals surface area contributed by atoms with Crippen LogP contribution in [0.3, 0.4) is 0 Å². The van der Waals surface area contributed by atoms with Gasteiger partial charge in [-0.2, -0.15) is 0 Å². The van der Waals surface area contributed by atoms with Gasteiger partial charge in [-0.25, -0.2) is 8.78 Å². The second-order valence-corrected chi connectivity index (χ2v) is 7.46. The van der Waals surface area contributed by atoms with Gasteiger partial charge in [-0.1, -0.05) is 30.3 Å². The highest BCUT2D eigenvalue weighted by molar-refractivity contribution is 5.83. The van der Waals surface area contributed by atoms with Crippen molar-refractivity contribution in [1.29, 1.82) is 0 Å². The Morgan fingerprint density at radius 2 is 1.86 bits per heavy atom. The predicted molar refractivity (Wildman–Crippen MR) is 103 cm³/mol. The summed E-state index contributed by atoms with van der Waals surface area (Å²) in [5, 5.41) is 12.3. The lowest BCUT2D eigenvalue weighted by Gasteiger charge is -2.36. The highest BCUT2D eigenvalue weighted by Crippen LogP contribution is 2.35. The number of aliphatic hydroxyl groups excluding tert-OH is 1. The van der Waals surface area contributed by atoms with Crippen LogP contribution in [0, 0.1) is 17.0 Å². The molecule has 1 heterocycles. The van der Waals surface area contributed by atoms with Gasteiger partial charge in [0, 0.05) is 19.8 Å². The largest absolute Gasteiger partial charge is 0.392 e. The third-order valence-corrected chi connectivity index (χ3v) is 5.21. The molecule has 0 aromatic heterocycles. The van der Waals surface area contributed by atoms with E-state index in [0.717, 1.165) is 17.2 Å². The lowest BCUT2D eigenvalue weighted by Crippen LogP contribution is -2.47. The third kappa shape index (κ3) is 4.75. The molecule has 2 N–H and O–H groups in total. The van der Waals surface area contributed by atoms with Crippen molar-refractivity contribution in [2.45, 2.75) is 32.3 Å². The fraction of sp³-hybridized carbons (Fsp3) is 0.409. The fourth-order valence-corrected chi connectivity index (χ4v) is 3.60. The average Bonchev–Trinajstić information content (AvgIpc) is 2.69. The molecule has 0 bridgehead atoms. The van der Waals surface area contributed by atoms with Crippen LogP contribution in [0.25, 0.3) is 11.1 Å². The predicted octanol–water partition coefficient (Wildman–Crippen LogP) is 3.47. The van der Waals surface area contributed by atoms with Crippen molar-refractivity contribution in [3.8, 4) is 11.1 Å². The Balaban J connectivity index is 1.84. The SMILES string of the molecule is C[C@@H](O)CNC(=O)C1(Cc2cccc(-c3ccc(F)c(F)c3)c2)CCOCC1. The molecular formula is C22H25F2NO3. The number of rotatable bonds is 6. The second-order valence-electron chi connectivity index (χ2n) is 7.46. The minimum Gasteiger partial charge on any atom is -0.392 e. The smallest absolute Gasteiger partial charge is 0.226 e. The zero-order chi connectivity index (χ0) is 20.1. The average molecular weight is 389 g/mol. The van der Waals surface area contributed by atoms with E-state index >= 15 is 0 Å². The van der Waals surface area contributed by atoms with Gasteiger partial charge in [-0.05, 0) is 55.0 Å². The summed E-state index contributed by atoms with van der Waals surface area (Å²) in [4.78, 5) is 12.9. The molecule has 1 saturated heterocycles. The van der Waals surface area contributed by atoms with Crippen LogP contribution in [0.2, 0.25) is 0 Å². The fourth-order valence-electron chi connectivity index (χ4n) is 3.60. The molecule has 150 valence electrons. The van der Waals surface area contributed by atoms with Crippen molar-refractivity contribution in [3.63, 3.8) is 0 Å². The van der Waals surface area contributed by atoms with Gasteiger partial charge < -0.3 is 15.2 Å². The number of benzene rings is 2. The summed E-state index contributed by atoms with van der Waals surface area (Å²) in [6.07, 6.45) is 1.08. The van der Waals surface area contributed by atoms with E-state index in [-0.39, 0.29) is 12.5 Å². The summed E-state index contributed by atoms with van der Waals surface area (Å²) in [7, 11) is 0. The van der Waals surface area contributed by atoms with Crippen LogP contribution >= 0.6 is 0 Å². The second kappa shape index (κ2) is 8.80. The van der Waals surface area contributed by atoms with Gasteiger partial charge in [0.25, 0.3) is 0 Å². The third-order valence-electron chi connectivity index (χ3n) is 5.21. The molecule has 1 amide bonds. The Hall–Kier alpha value is -2.31. The molecule has 4 nitrogen and oxygen atoms in total. The number of carbonyl (C=O) groups excluding carboxylic acids is 1. The first kappa shape index (κ1) is 20.4. The molecule has 0 aliphatic carbocycles. The molecule has 6 heteroatoms. The van der Waals surface area contributed by atoms with Crippen LogP contribution in [-0.2, 0) is 16.0 Å². The van der Waals surface area contributed by atoms with Gasteiger partial charge in [0.2, 0.25) is 5.91 Å². The maximum absolute atomic E-state index is 13.6. The lowest BCUT2D eigenvalue weighted by molar-refractivity contribution is -0.137. The first-order chi connectivity index (χ1) is 13.4. The van der Waals surface area contributed by atoms with Gasteiger partial charge in [0.05, 0.1) is 11.5 Å². The van der Waals surface area contributed by atoms with Gasteiger partial charge >= 0.3 is 0 Å². The van der Waals surface area contributed by atoms with E-state index in [1.54, 1.807) is 6.92 Å². The molecule has 2 aromatic rings. The summed E-state index contributed by atoms with van der Waals surface area (Å²) in [5.41, 5.74) is 1.68. The standard InChI is InChI=1S/C22H25F2NO3/c1-15(26)14-25-21(27)22(7-9-28-10-8-22)13-16-3-2-4-17(11-16)18-5-6-19(23)20(24)12-18/h2-6,11-12,15,26H,7-10,13-14H2,1H3,(H,25,27)/t15-/m1/s1. The molecule has 1 atom stereocenters. The minimum absolute atomic E-state index is 0.0880. The van der Waals surface area contributed by atoms with Crippen molar-refractivity contribution >= 4 is 5.91 Å². The normalized spacial score (nSPS) is 17.1. The molecule has 28 heavy (non-hydrogen) atoms. The van der Waals surface area contributed by atoms with E-state index < -0.39 is 23.2 Å². The Kier molecular flexibility index (Phi) is 6.42. The number of nitrogens with one attached hydrogen (secondary N) is 1. The number of carbonyl (C=O) groups is 1. The van der Waals surface area contributed by atoms with Gasteiger partial charge in [0.1, 0.15) is 0 Å². The Morgan fingerprint density at radius 1 is 1.14 bits per heavy atom.